The van der Waals surface area contributed by atoms with E-state index in [0.717, 1.165) is 26.5 Å². The highest BCUT2D eigenvalue weighted by molar-refractivity contribution is 7.17. The van der Waals surface area contributed by atoms with Gasteiger partial charge in [-0.25, -0.2) is 0 Å². The first-order chi connectivity index (χ1) is 30.9. The number of benzene rings is 1. The molecule has 2 aliphatic heterocycles. The molecule has 344 valence electrons. The maximum Gasteiger partial charge on any atom is 0.248 e. The molecule has 4 aromatic rings. The molecule has 2 aliphatic rings. The van der Waals surface area contributed by atoms with Gasteiger partial charge in [-0.05, 0) is 44.4 Å². The van der Waals surface area contributed by atoms with E-state index in [-0.39, 0.29) is 42.6 Å². The third-order valence-electron chi connectivity index (χ3n) is 10.3. The largest absolute Gasteiger partial charge is 0.387 e. The van der Waals surface area contributed by atoms with Crippen LogP contribution in [-0.4, -0.2) is 170 Å². The number of hydrogen-bond acceptors (Lipinski definition) is 12. The van der Waals surface area contributed by atoms with Crippen LogP contribution in [0.15, 0.2) is 48.7 Å². The molecular weight excluding hydrogens is 889 g/mol. The van der Waals surface area contributed by atoms with Gasteiger partial charge >= 0.3 is 0 Å². The number of nitrogens with zero attached hydrogens (tertiary/aromatic N) is 6. The fraction of sp³-hybridized carbons (Fsp3) is 0.442. The Kier molecular flexibility index (Phi) is 17.9. The van der Waals surface area contributed by atoms with Crippen LogP contribution in [0.4, 0.5) is 5.00 Å². The van der Waals surface area contributed by atoms with Gasteiger partial charge in [-0.3, -0.25) is 28.7 Å². The number of aromatic amines is 1. The van der Waals surface area contributed by atoms with Crippen LogP contribution < -0.4 is 15.5 Å². The topological polar surface area (TPSA) is 204 Å². The summed E-state index contributed by atoms with van der Waals surface area (Å²) in [5, 5.41) is 21.9. The predicted molar refractivity (Wildman–Crippen MR) is 244 cm³/mol. The first kappa shape index (κ1) is 48.3. The van der Waals surface area contributed by atoms with Crippen molar-refractivity contribution in [2.45, 2.75) is 19.5 Å². The summed E-state index contributed by atoms with van der Waals surface area (Å²) in [6.45, 7) is 4.32. The molecule has 0 aliphatic carbocycles. The summed E-state index contributed by atoms with van der Waals surface area (Å²) >= 11 is 14.5. The number of carbonyl (C=O) groups excluding carboxylic acids is 5. The number of halogens is 2. The van der Waals surface area contributed by atoms with Crippen molar-refractivity contribution in [2.24, 2.45) is 0 Å². The van der Waals surface area contributed by atoms with Gasteiger partial charge in [-0.2, -0.15) is 5.10 Å². The van der Waals surface area contributed by atoms with Crippen LogP contribution in [0.3, 0.4) is 0 Å². The second-order valence-electron chi connectivity index (χ2n) is 15.1. The molecule has 3 aromatic heterocycles. The van der Waals surface area contributed by atoms with Crippen LogP contribution >= 0.6 is 34.5 Å². The van der Waals surface area contributed by atoms with E-state index >= 15 is 0 Å². The van der Waals surface area contributed by atoms with Gasteiger partial charge in [-0.15, -0.1) is 11.3 Å². The van der Waals surface area contributed by atoms with Crippen LogP contribution in [0, 0.1) is 0 Å². The molecule has 18 nitrogen and oxygen atoms in total. The predicted octanol–water partition coefficient (Wildman–Crippen LogP) is 2.57. The SMILES string of the molecule is CN(C)CC=CC(=O)N1CCN(c2ccc(/C=C/C(=O)NCCOCCOCCOCCNC(=O)Cn3ccc(-c4cc(Cl)c(Cl)c5[nH]c6c(c45)CN(C(=O)CO)CC6)n3)s2)C(=O)C1. The van der Waals surface area contributed by atoms with Crippen molar-refractivity contribution >= 4 is 86.1 Å². The van der Waals surface area contributed by atoms with Crippen molar-refractivity contribution < 1.29 is 43.3 Å². The summed E-state index contributed by atoms with van der Waals surface area (Å²) in [4.78, 5) is 73.4. The van der Waals surface area contributed by atoms with E-state index in [4.69, 9.17) is 37.4 Å². The molecular formula is C43H53Cl2N9O9S. The number of likely N-dealkylation sites (N-methyl/N-ethyl adjacent to an activating group) is 1. The van der Waals surface area contributed by atoms with Gasteiger partial charge in [0, 0.05) is 97.7 Å². The zero-order chi connectivity index (χ0) is 45.6. The first-order valence-electron chi connectivity index (χ1n) is 20.8. The Bertz CT molecular complexity index is 2340. The van der Waals surface area contributed by atoms with Crippen molar-refractivity contribution in [2.75, 3.05) is 111 Å². The van der Waals surface area contributed by atoms with Crippen molar-refractivity contribution in [3.8, 4) is 11.3 Å². The highest BCUT2D eigenvalue weighted by Crippen LogP contribution is 2.42. The normalized spacial score (nSPS) is 14.4. The van der Waals surface area contributed by atoms with E-state index < -0.39 is 6.61 Å². The van der Waals surface area contributed by atoms with Gasteiger partial charge in [0.05, 0.1) is 65.9 Å². The summed E-state index contributed by atoms with van der Waals surface area (Å²) in [5.74, 6) is -1.19. The fourth-order valence-corrected chi connectivity index (χ4v) is 8.41. The van der Waals surface area contributed by atoms with Gasteiger partial charge in [0.2, 0.25) is 29.5 Å². The molecule has 64 heavy (non-hydrogen) atoms. The lowest BCUT2D eigenvalue weighted by Crippen LogP contribution is -2.51. The minimum atomic E-state index is -0.566. The lowest BCUT2D eigenvalue weighted by atomic mass is 9.99. The number of nitrogens with one attached hydrogen (secondary N) is 3. The van der Waals surface area contributed by atoms with Crippen LogP contribution in [0.5, 0.6) is 0 Å². The summed E-state index contributed by atoms with van der Waals surface area (Å²) in [7, 11) is 3.83. The molecule has 1 aromatic carbocycles. The molecule has 21 heteroatoms. The number of carbonyl (C=O) groups is 5. The van der Waals surface area contributed by atoms with E-state index in [1.807, 2.05) is 31.1 Å². The Labute approximate surface area is 384 Å². The zero-order valence-electron chi connectivity index (χ0n) is 35.8. The van der Waals surface area contributed by atoms with E-state index in [1.54, 1.807) is 45.2 Å². The highest BCUT2D eigenvalue weighted by Gasteiger charge is 2.29. The molecule has 0 unspecified atom stereocenters. The number of amides is 5. The van der Waals surface area contributed by atoms with E-state index in [2.05, 4.69) is 20.7 Å². The van der Waals surface area contributed by atoms with E-state index in [1.165, 1.54) is 28.2 Å². The second-order valence-corrected chi connectivity index (χ2v) is 17.0. The van der Waals surface area contributed by atoms with Crippen molar-refractivity contribution in [3.05, 3.63) is 74.9 Å². The minimum Gasteiger partial charge on any atom is -0.387 e. The van der Waals surface area contributed by atoms with Gasteiger partial charge < -0.3 is 54.5 Å². The Morgan fingerprint density at radius 3 is 2.39 bits per heavy atom. The third kappa shape index (κ3) is 13.2. The average molecular weight is 943 g/mol. The number of anilines is 1. The second kappa shape index (κ2) is 23.7. The monoisotopic (exact) mass is 941 g/mol. The standard InChI is InChI=1S/C43H53Cl2N9O9S/c1-50(2)13-3-4-37(58)52-16-17-54(38(59)27-52)40-8-6-29(64-40)5-7-35(56)46-11-18-61-20-22-63-23-21-62-19-12-47-36(57)26-53-15-10-34(49-53)30-24-32(44)42(45)43-41(30)31-25-51(39(60)28-55)14-9-33(31)48-43/h3-8,10,15,24,48,55H,9,11-14,16-23,25-28H2,1-2H3,(H,46,56)(H,47,57)/b4-3?,7-5+. The molecule has 4 N–H and O–H groups in total. The van der Waals surface area contributed by atoms with Crippen molar-refractivity contribution in [1.82, 2.24) is 40.1 Å². The lowest BCUT2D eigenvalue weighted by molar-refractivity contribution is -0.135. The molecule has 0 radical (unpaired) electrons. The summed E-state index contributed by atoms with van der Waals surface area (Å²) in [6, 6.07) is 7.21. The maximum atomic E-state index is 12.8. The molecule has 1 fully saturated rings. The van der Waals surface area contributed by atoms with Gasteiger partial charge in [0.15, 0.2) is 0 Å². The third-order valence-corrected chi connectivity index (χ3v) is 12.1. The number of aliphatic hydroxyl groups excluding tert-OH is 1. The number of rotatable bonds is 22. The molecule has 5 amide bonds. The van der Waals surface area contributed by atoms with Crippen molar-refractivity contribution in [3.63, 3.8) is 0 Å². The lowest BCUT2D eigenvalue weighted by Gasteiger charge is -2.33. The van der Waals surface area contributed by atoms with Crippen LogP contribution in [0.25, 0.3) is 28.2 Å². The Morgan fingerprint density at radius 2 is 1.67 bits per heavy atom. The Balaban J connectivity index is 0.793. The quantitative estimate of drug-likeness (QED) is 0.0667. The number of aliphatic hydroxyl groups is 1. The zero-order valence-corrected chi connectivity index (χ0v) is 38.1. The Hall–Kier alpha value is -5.12. The van der Waals surface area contributed by atoms with Crippen LogP contribution in [0.2, 0.25) is 10.0 Å². The number of piperazine rings is 1. The maximum absolute atomic E-state index is 12.8. The fourth-order valence-electron chi connectivity index (χ4n) is 7.06. The molecule has 5 heterocycles. The average Bonchev–Trinajstić information content (AvgIpc) is 4.04. The summed E-state index contributed by atoms with van der Waals surface area (Å²) in [6.07, 6.45) is 8.69. The van der Waals surface area contributed by atoms with Gasteiger partial charge in [-0.1, -0.05) is 29.3 Å². The van der Waals surface area contributed by atoms with Crippen LogP contribution in [0.1, 0.15) is 16.1 Å². The van der Waals surface area contributed by atoms with Gasteiger partial charge in [0.1, 0.15) is 19.7 Å². The molecule has 1 saturated heterocycles. The van der Waals surface area contributed by atoms with E-state index in [0.29, 0.717) is 119 Å². The summed E-state index contributed by atoms with van der Waals surface area (Å²) < 4.78 is 18.2. The van der Waals surface area contributed by atoms with Crippen LogP contribution in [-0.2, 0) is 57.7 Å². The highest BCUT2D eigenvalue weighted by atomic mass is 35.5. The number of H-pyrrole nitrogens is 1. The number of ether oxygens (including phenoxy) is 3. The number of thiophene rings is 1. The van der Waals surface area contributed by atoms with E-state index in [9.17, 15) is 29.1 Å². The summed E-state index contributed by atoms with van der Waals surface area (Å²) in [5.41, 5.74) is 3.78. The minimum absolute atomic E-state index is 0.0146. The first-order valence-corrected chi connectivity index (χ1v) is 22.4. The smallest absolute Gasteiger partial charge is 0.248 e. The molecule has 6 rings (SSSR count). The van der Waals surface area contributed by atoms with Crippen molar-refractivity contribution in [1.29, 1.82) is 0 Å². The molecule has 0 bridgehead atoms. The molecule has 0 saturated carbocycles. The number of hydrogen-bond donors (Lipinski definition) is 4. The molecule has 0 atom stereocenters. The molecule has 0 spiro atoms. The number of fused-ring (bicyclic) bond motifs is 3. The van der Waals surface area contributed by atoms with Gasteiger partial charge in [0.25, 0.3) is 0 Å². The Morgan fingerprint density at radius 1 is 0.938 bits per heavy atom. The number of aromatic nitrogens is 3.